The zero-order valence-electron chi connectivity index (χ0n) is 11.8. The third-order valence-electron chi connectivity index (χ3n) is 4.03. The van der Waals surface area contributed by atoms with E-state index in [1.54, 1.807) is 0 Å². The topological polar surface area (TPSA) is 26.3 Å². The van der Waals surface area contributed by atoms with Crippen molar-refractivity contribution in [2.45, 2.75) is 32.1 Å². The van der Waals surface area contributed by atoms with E-state index >= 15 is 0 Å². The summed E-state index contributed by atoms with van der Waals surface area (Å²) in [5.41, 5.74) is 1.15. The van der Waals surface area contributed by atoms with Crippen molar-refractivity contribution >= 4 is 23.6 Å². The first-order valence-corrected chi connectivity index (χ1v) is 7.57. The van der Waals surface area contributed by atoms with Crippen LogP contribution in [0.1, 0.15) is 37.7 Å². The molecule has 0 bridgehead atoms. The highest BCUT2D eigenvalue weighted by molar-refractivity contribution is 6.30. The van der Waals surface area contributed by atoms with E-state index in [2.05, 4.69) is 12.2 Å². The van der Waals surface area contributed by atoms with E-state index in [9.17, 15) is 4.79 Å². The highest BCUT2D eigenvalue weighted by Crippen LogP contribution is 2.34. The molecule has 0 N–H and O–H groups in total. The first kappa shape index (κ1) is 15.1. The normalized spacial score (nSPS) is 22.9. The summed E-state index contributed by atoms with van der Waals surface area (Å²) < 4.78 is 4.80. The highest BCUT2D eigenvalue weighted by Gasteiger charge is 2.25. The number of hydrogen-bond donors (Lipinski definition) is 0. The minimum atomic E-state index is -0.0956. The largest absolute Gasteiger partial charge is 0.469 e. The molecule has 0 radical (unpaired) electrons. The standard InChI is InChI=1S/C17H21ClO2/c1-20-17(19)12-15-5-3-2-4-14(15)9-6-13-7-10-16(18)11-8-13/h6-11,14-15H,2-5,12H2,1H3/b9-6+/t14-,15+/m1/s1. The Balaban J connectivity index is 2.00. The van der Waals surface area contributed by atoms with E-state index in [0.717, 1.165) is 23.4 Å². The summed E-state index contributed by atoms with van der Waals surface area (Å²) in [4.78, 5) is 11.5. The summed E-state index contributed by atoms with van der Waals surface area (Å²) in [6.45, 7) is 0. The molecule has 0 spiro atoms. The number of methoxy groups -OCH3 is 1. The van der Waals surface area contributed by atoms with Crippen LogP contribution in [-0.2, 0) is 9.53 Å². The number of ether oxygens (including phenoxy) is 1. The van der Waals surface area contributed by atoms with E-state index in [-0.39, 0.29) is 5.97 Å². The second-order valence-corrected chi connectivity index (χ2v) is 5.84. The quantitative estimate of drug-likeness (QED) is 0.750. The van der Waals surface area contributed by atoms with Crippen LogP contribution in [0, 0.1) is 11.8 Å². The van der Waals surface area contributed by atoms with Crippen LogP contribution in [0.3, 0.4) is 0 Å². The number of carbonyl (C=O) groups is 1. The maximum absolute atomic E-state index is 11.5. The van der Waals surface area contributed by atoms with Gasteiger partial charge in [-0.25, -0.2) is 0 Å². The van der Waals surface area contributed by atoms with E-state index in [0.29, 0.717) is 18.3 Å². The van der Waals surface area contributed by atoms with E-state index in [1.807, 2.05) is 24.3 Å². The fourth-order valence-electron chi connectivity index (χ4n) is 2.85. The summed E-state index contributed by atoms with van der Waals surface area (Å²) in [6, 6.07) is 7.82. The number of rotatable bonds is 4. The number of halogens is 1. The van der Waals surface area contributed by atoms with Crippen molar-refractivity contribution in [2.75, 3.05) is 7.11 Å². The molecule has 0 aliphatic heterocycles. The lowest BCUT2D eigenvalue weighted by Gasteiger charge is -2.28. The van der Waals surface area contributed by atoms with E-state index in [1.165, 1.54) is 20.0 Å². The van der Waals surface area contributed by atoms with Crippen molar-refractivity contribution in [3.63, 3.8) is 0 Å². The fourth-order valence-corrected chi connectivity index (χ4v) is 2.98. The zero-order valence-corrected chi connectivity index (χ0v) is 12.6. The van der Waals surface area contributed by atoms with Gasteiger partial charge in [0, 0.05) is 11.4 Å². The van der Waals surface area contributed by atoms with Crippen LogP contribution < -0.4 is 0 Å². The molecular weight excluding hydrogens is 272 g/mol. The predicted molar refractivity (Wildman–Crippen MR) is 82.6 cm³/mol. The molecule has 0 amide bonds. The molecule has 1 aromatic rings. The minimum absolute atomic E-state index is 0.0956. The molecule has 1 saturated carbocycles. The van der Waals surface area contributed by atoms with Gasteiger partial charge in [0.2, 0.25) is 0 Å². The first-order valence-electron chi connectivity index (χ1n) is 7.19. The van der Waals surface area contributed by atoms with Crippen molar-refractivity contribution in [3.8, 4) is 0 Å². The van der Waals surface area contributed by atoms with Gasteiger partial charge in [-0.15, -0.1) is 0 Å². The summed E-state index contributed by atoms with van der Waals surface area (Å²) in [5, 5.41) is 0.753. The van der Waals surface area contributed by atoms with Gasteiger partial charge < -0.3 is 4.74 Å². The molecule has 1 aromatic carbocycles. The molecule has 1 aliphatic rings. The molecule has 3 heteroatoms. The van der Waals surface area contributed by atoms with Gasteiger partial charge in [0.25, 0.3) is 0 Å². The predicted octanol–water partition coefficient (Wildman–Crippen LogP) is 4.72. The van der Waals surface area contributed by atoms with Crippen LogP contribution in [0.5, 0.6) is 0 Å². The fraction of sp³-hybridized carbons (Fsp3) is 0.471. The molecule has 108 valence electrons. The van der Waals surface area contributed by atoms with Crippen LogP contribution in [0.2, 0.25) is 5.02 Å². The van der Waals surface area contributed by atoms with Gasteiger partial charge in [0.05, 0.1) is 7.11 Å². The molecule has 2 rings (SSSR count). The van der Waals surface area contributed by atoms with Gasteiger partial charge in [0.15, 0.2) is 0 Å². The molecule has 0 aromatic heterocycles. The molecule has 20 heavy (non-hydrogen) atoms. The summed E-state index contributed by atoms with van der Waals surface area (Å²) in [6.07, 6.45) is 9.65. The lowest BCUT2D eigenvalue weighted by Crippen LogP contribution is -2.21. The molecule has 0 heterocycles. The summed E-state index contributed by atoms with van der Waals surface area (Å²) in [5.74, 6) is 0.792. The monoisotopic (exact) mass is 292 g/mol. The molecule has 2 atom stereocenters. The Hall–Kier alpha value is -1.28. The summed E-state index contributed by atoms with van der Waals surface area (Å²) >= 11 is 5.88. The van der Waals surface area contributed by atoms with Crippen molar-refractivity contribution < 1.29 is 9.53 Å². The average molecular weight is 293 g/mol. The Bertz CT molecular complexity index is 464. The smallest absolute Gasteiger partial charge is 0.305 e. The van der Waals surface area contributed by atoms with E-state index < -0.39 is 0 Å². The molecule has 0 unspecified atom stereocenters. The molecule has 1 aliphatic carbocycles. The lowest BCUT2D eigenvalue weighted by molar-refractivity contribution is -0.142. The van der Waals surface area contributed by atoms with Crippen molar-refractivity contribution in [1.29, 1.82) is 0 Å². The molecular formula is C17H21ClO2. The second kappa shape index (κ2) is 7.49. The Morgan fingerprint density at radius 3 is 2.70 bits per heavy atom. The molecule has 0 saturated heterocycles. The Labute approximate surface area is 125 Å². The Kier molecular flexibility index (Phi) is 5.66. The Morgan fingerprint density at radius 2 is 2.00 bits per heavy atom. The van der Waals surface area contributed by atoms with Crippen molar-refractivity contribution in [2.24, 2.45) is 11.8 Å². The molecule has 2 nitrogen and oxygen atoms in total. The highest BCUT2D eigenvalue weighted by atomic mass is 35.5. The SMILES string of the molecule is COC(=O)C[C@@H]1CCCC[C@@H]1/C=C/c1ccc(Cl)cc1. The first-order chi connectivity index (χ1) is 9.69. The lowest BCUT2D eigenvalue weighted by atomic mass is 9.77. The number of carbonyl (C=O) groups excluding carboxylic acids is 1. The maximum Gasteiger partial charge on any atom is 0.305 e. The third-order valence-corrected chi connectivity index (χ3v) is 4.28. The average Bonchev–Trinajstić information content (AvgIpc) is 2.48. The third kappa shape index (κ3) is 4.38. The van der Waals surface area contributed by atoms with Gasteiger partial charge in [-0.05, 0) is 42.4 Å². The van der Waals surface area contributed by atoms with Crippen LogP contribution in [0.25, 0.3) is 6.08 Å². The van der Waals surface area contributed by atoms with Crippen molar-refractivity contribution in [1.82, 2.24) is 0 Å². The van der Waals surface area contributed by atoms with Gasteiger partial charge in [-0.3, -0.25) is 4.79 Å². The number of esters is 1. The van der Waals surface area contributed by atoms with Gasteiger partial charge in [-0.2, -0.15) is 0 Å². The van der Waals surface area contributed by atoms with Crippen LogP contribution in [0.15, 0.2) is 30.3 Å². The number of allylic oxidation sites excluding steroid dienone is 1. The van der Waals surface area contributed by atoms with Gasteiger partial charge in [0.1, 0.15) is 0 Å². The number of hydrogen-bond acceptors (Lipinski definition) is 2. The molecule has 1 fully saturated rings. The van der Waals surface area contributed by atoms with Gasteiger partial charge >= 0.3 is 5.97 Å². The van der Waals surface area contributed by atoms with Crippen molar-refractivity contribution in [3.05, 3.63) is 40.9 Å². The van der Waals surface area contributed by atoms with Crippen LogP contribution in [0.4, 0.5) is 0 Å². The maximum atomic E-state index is 11.5. The van der Waals surface area contributed by atoms with Crippen LogP contribution >= 0.6 is 11.6 Å². The van der Waals surface area contributed by atoms with Crippen LogP contribution in [-0.4, -0.2) is 13.1 Å². The minimum Gasteiger partial charge on any atom is -0.469 e. The zero-order chi connectivity index (χ0) is 14.4. The number of benzene rings is 1. The Morgan fingerprint density at radius 1 is 1.30 bits per heavy atom. The van der Waals surface area contributed by atoms with E-state index in [4.69, 9.17) is 16.3 Å². The second-order valence-electron chi connectivity index (χ2n) is 5.40. The summed E-state index contributed by atoms with van der Waals surface area (Å²) in [7, 11) is 1.46. The van der Waals surface area contributed by atoms with Gasteiger partial charge in [-0.1, -0.05) is 48.7 Å².